The van der Waals surface area contributed by atoms with Crippen molar-refractivity contribution in [1.82, 2.24) is 19.9 Å². The number of aromatic nitrogens is 2. The van der Waals surface area contributed by atoms with Gasteiger partial charge < -0.3 is 14.7 Å². The Bertz CT molecular complexity index is 898. The highest BCUT2D eigenvalue weighted by molar-refractivity contribution is 5.78. The van der Waals surface area contributed by atoms with Gasteiger partial charge >= 0.3 is 0 Å². The molecule has 1 amide bonds. The van der Waals surface area contributed by atoms with Gasteiger partial charge in [0.25, 0.3) is 5.89 Å². The van der Waals surface area contributed by atoms with Gasteiger partial charge in [-0.3, -0.25) is 9.69 Å². The minimum atomic E-state index is -0.379. The molecule has 0 radical (unpaired) electrons. The zero-order valence-corrected chi connectivity index (χ0v) is 18.4. The Morgan fingerprint density at radius 2 is 2.10 bits per heavy atom. The molecule has 1 atom stereocenters. The summed E-state index contributed by atoms with van der Waals surface area (Å²) in [4.78, 5) is 21.6. The highest BCUT2D eigenvalue weighted by Crippen LogP contribution is 2.26. The van der Waals surface area contributed by atoms with Gasteiger partial charge in [0.15, 0.2) is 5.82 Å². The second kappa shape index (κ2) is 9.77. The molecule has 0 bridgehead atoms. The minimum Gasteiger partial charge on any atom is -0.383 e. The van der Waals surface area contributed by atoms with Crippen LogP contribution in [0.25, 0.3) is 11.5 Å². The van der Waals surface area contributed by atoms with Crippen LogP contribution < -0.4 is 5.32 Å². The Kier molecular flexibility index (Phi) is 6.85. The molecule has 31 heavy (non-hydrogen) atoms. The fourth-order valence-electron chi connectivity index (χ4n) is 4.34. The fraction of sp³-hybridized carbons (Fsp3) is 0.609. The van der Waals surface area contributed by atoms with E-state index in [4.69, 9.17) is 4.52 Å². The first-order valence-electron chi connectivity index (χ1n) is 11.4. The van der Waals surface area contributed by atoms with Crippen LogP contribution in [0.15, 0.2) is 22.7 Å². The summed E-state index contributed by atoms with van der Waals surface area (Å²) in [6, 6.07) is 5.54. The van der Waals surface area contributed by atoms with Crippen molar-refractivity contribution in [2.24, 2.45) is 5.92 Å². The molecule has 1 unspecified atom stereocenters. The molecule has 1 aliphatic carbocycles. The van der Waals surface area contributed by atoms with Crippen molar-refractivity contribution >= 4 is 11.6 Å². The second-order valence-corrected chi connectivity index (χ2v) is 8.76. The molecule has 2 fully saturated rings. The van der Waals surface area contributed by atoms with Crippen LogP contribution in [0.5, 0.6) is 0 Å². The van der Waals surface area contributed by atoms with Crippen LogP contribution >= 0.6 is 0 Å². The first-order chi connectivity index (χ1) is 15.0. The number of halogens is 1. The molecule has 1 aromatic carbocycles. The Balaban J connectivity index is 1.25. The zero-order chi connectivity index (χ0) is 21.8. The summed E-state index contributed by atoms with van der Waals surface area (Å²) < 4.78 is 19.6. The Morgan fingerprint density at radius 1 is 1.26 bits per heavy atom. The molecule has 8 heteroatoms. The predicted molar refractivity (Wildman–Crippen MR) is 117 cm³/mol. The van der Waals surface area contributed by atoms with E-state index in [1.165, 1.54) is 25.3 Å². The van der Waals surface area contributed by atoms with Crippen molar-refractivity contribution in [3.05, 3.63) is 29.8 Å². The lowest BCUT2D eigenvalue weighted by atomic mass is 9.91. The first-order valence-corrected chi connectivity index (χ1v) is 11.4. The van der Waals surface area contributed by atoms with E-state index in [1.54, 1.807) is 19.1 Å². The molecule has 2 aromatic rings. The average Bonchev–Trinajstić information content (AvgIpc) is 3.01. The zero-order valence-electron chi connectivity index (χ0n) is 18.4. The van der Waals surface area contributed by atoms with Gasteiger partial charge in [-0.1, -0.05) is 18.5 Å². The molecular formula is C23H32FN5O2. The molecular weight excluding hydrogens is 397 g/mol. The number of amides is 1. The van der Waals surface area contributed by atoms with E-state index in [2.05, 4.69) is 20.4 Å². The smallest absolute Gasteiger partial charge is 0.258 e. The Labute approximate surface area is 183 Å². The maximum absolute atomic E-state index is 14.5. The molecule has 1 aromatic heterocycles. The highest BCUT2D eigenvalue weighted by Gasteiger charge is 2.28. The monoisotopic (exact) mass is 429 g/mol. The third kappa shape index (κ3) is 5.23. The predicted octanol–water partition coefficient (Wildman–Crippen LogP) is 3.71. The summed E-state index contributed by atoms with van der Waals surface area (Å²) in [5, 5.41) is 6.85. The summed E-state index contributed by atoms with van der Waals surface area (Å²) >= 11 is 0. The van der Waals surface area contributed by atoms with Crippen molar-refractivity contribution < 1.29 is 13.7 Å². The lowest BCUT2D eigenvalue weighted by Gasteiger charge is -2.36. The summed E-state index contributed by atoms with van der Waals surface area (Å²) in [5.74, 6) is 0.550. The SMILES string of the molecule is Cc1noc(-c2ccc(NCCC(C)C(=O)N3CCCN(C4CCC4)CC3)c(F)c2)n1. The van der Waals surface area contributed by atoms with Crippen molar-refractivity contribution in [3.63, 3.8) is 0 Å². The summed E-state index contributed by atoms with van der Waals surface area (Å²) in [5.41, 5.74) is 0.954. The summed E-state index contributed by atoms with van der Waals surface area (Å²) in [6.45, 7) is 7.96. The average molecular weight is 430 g/mol. The number of nitrogens with one attached hydrogen (secondary N) is 1. The van der Waals surface area contributed by atoms with Crippen molar-refractivity contribution in [2.75, 3.05) is 38.0 Å². The third-order valence-electron chi connectivity index (χ3n) is 6.49. The molecule has 1 N–H and O–H groups in total. The van der Waals surface area contributed by atoms with E-state index in [9.17, 15) is 9.18 Å². The lowest BCUT2D eigenvalue weighted by molar-refractivity contribution is -0.135. The van der Waals surface area contributed by atoms with Crippen molar-refractivity contribution in [1.29, 1.82) is 0 Å². The van der Waals surface area contributed by atoms with E-state index < -0.39 is 0 Å². The number of hydrogen-bond acceptors (Lipinski definition) is 6. The maximum Gasteiger partial charge on any atom is 0.258 e. The van der Waals surface area contributed by atoms with Crippen LogP contribution in [0.3, 0.4) is 0 Å². The number of carbonyl (C=O) groups excluding carboxylic acids is 1. The van der Waals surface area contributed by atoms with Crippen LogP contribution in [0.1, 0.15) is 44.9 Å². The van der Waals surface area contributed by atoms with Gasteiger partial charge in [-0.25, -0.2) is 4.39 Å². The number of carbonyl (C=O) groups is 1. The molecule has 168 valence electrons. The molecule has 2 heterocycles. The normalized spacial score (nSPS) is 19.0. The molecule has 1 aliphatic heterocycles. The Hall–Kier alpha value is -2.48. The molecule has 2 aliphatic rings. The summed E-state index contributed by atoms with van der Waals surface area (Å²) in [7, 11) is 0. The van der Waals surface area contributed by atoms with Crippen molar-refractivity contribution in [2.45, 2.75) is 52.0 Å². The van der Waals surface area contributed by atoms with Gasteiger partial charge in [0.1, 0.15) is 5.82 Å². The molecule has 4 rings (SSSR count). The van der Waals surface area contributed by atoms with Gasteiger partial charge in [0, 0.05) is 50.2 Å². The van der Waals surface area contributed by atoms with Crippen molar-refractivity contribution in [3.8, 4) is 11.5 Å². The van der Waals surface area contributed by atoms with Gasteiger partial charge in [0.2, 0.25) is 5.91 Å². The lowest BCUT2D eigenvalue weighted by Crippen LogP contribution is -2.43. The van der Waals surface area contributed by atoms with Gasteiger partial charge in [-0.15, -0.1) is 0 Å². The van der Waals surface area contributed by atoms with Crippen LogP contribution in [0.4, 0.5) is 10.1 Å². The van der Waals surface area contributed by atoms with E-state index in [0.29, 0.717) is 35.9 Å². The van der Waals surface area contributed by atoms with Gasteiger partial charge in [-0.2, -0.15) is 4.98 Å². The topological polar surface area (TPSA) is 74.5 Å². The van der Waals surface area contributed by atoms with Gasteiger partial charge in [-0.05, 0) is 50.8 Å². The third-order valence-corrected chi connectivity index (χ3v) is 6.49. The number of hydrogen-bond donors (Lipinski definition) is 1. The number of benzene rings is 1. The molecule has 7 nitrogen and oxygen atoms in total. The molecule has 1 saturated heterocycles. The summed E-state index contributed by atoms with van der Waals surface area (Å²) in [6.07, 6.45) is 5.66. The van der Waals surface area contributed by atoms with E-state index in [1.807, 2.05) is 11.8 Å². The molecule has 1 saturated carbocycles. The minimum absolute atomic E-state index is 0.0912. The van der Waals surface area contributed by atoms with E-state index >= 15 is 0 Å². The van der Waals surface area contributed by atoms with Crippen LogP contribution in [-0.4, -0.2) is 64.6 Å². The fourth-order valence-corrected chi connectivity index (χ4v) is 4.34. The number of nitrogens with zero attached hydrogens (tertiary/aromatic N) is 4. The van der Waals surface area contributed by atoms with Crippen LogP contribution in [0.2, 0.25) is 0 Å². The maximum atomic E-state index is 14.5. The standard InChI is InChI=1S/C23H32FN5O2/c1-16(23(30)29-12-4-11-28(13-14-29)19-5-3-6-19)9-10-25-21-8-7-18(15-20(21)24)22-26-17(2)27-31-22/h7-8,15-16,19,25H,3-6,9-14H2,1-2H3. The van der Waals surface area contributed by atoms with Crippen LogP contribution in [0, 0.1) is 18.7 Å². The van der Waals surface area contributed by atoms with Gasteiger partial charge in [0.05, 0.1) is 5.69 Å². The first kappa shape index (κ1) is 21.7. The van der Waals surface area contributed by atoms with E-state index in [0.717, 1.165) is 38.6 Å². The molecule has 0 spiro atoms. The quantitative estimate of drug-likeness (QED) is 0.723. The van der Waals surface area contributed by atoms with E-state index in [-0.39, 0.29) is 17.6 Å². The van der Waals surface area contributed by atoms with Crippen LogP contribution in [-0.2, 0) is 4.79 Å². The highest BCUT2D eigenvalue weighted by atomic mass is 19.1. The second-order valence-electron chi connectivity index (χ2n) is 8.76. The Morgan fingerprint density at radius 3 is 2.77 bits per heavy atom. The number of aryl methyl sites for hydroxylation is 1. The number of rotatable bonds is 7. The number of anilines is 1. The largest absolute Gasteiger partial charge is 0.383 e.